The van der Waals surface area contributed by atoms with Gasteiger partial charge in [0.1, 0.15) is 5.65 Å². The molecular formula is C25H29N5O3S. The van der Waals surface area contributed by atoms with E-state index in [1.54, 1.807) is 16.7 Å². The standard InChI is InChI=1S/C25H29N5O3S/c31-23-3-1-17-2-4-24(32)30-20(7-10-29(23)25(17)30)16-28-8-5-18(6-9-28)26-14-19-13-22-21(15-27-19)33-11-12-34-22/h1-4,13,15,18,20,26H,5-12,14,16H2. The van der Waals surface area contributed by atoms with Crippen LogP contribution < -0.4 is 21.2 Å². The van der Waals surface area contributed by atoms with Gasteiger partial charge >= 0.3 is 0 Å². The first-order valence-corrected chi connectivity index (χ1v) is 13.1. The van der Waals surface area contributed by atoms with E-state index in [1.807, 2.05) is 34.7 Å². The molecule has 0 aromatic carbocycles. The largest absolute Gasteiger partial charge is 0.490 e. The van der Waals surface area contributed by atoms with E-state index >= 15 is 0 Å². The molecule has 6 rings (SSSR count). The van der Waals surface area contributed by atoms with Crippen LogP contribution in [0.2, 0.25) is 0 Å². The first kappa shape index (κ1) is 21.9. The number of rotatable bonds is 5. The summed E-state index contributed by atoms with van der Waals surface area (Å²) in [6, 6.07) is 9.59. The minimum atomic E-state index is -0.0308. The monoisotopic (exact) mass is 479 g/mol. The Kier molecular flexibility index (Phi) is 5.92. The predicted octanol–water partition coefficient (Wildman–Crippen LogP) is 2.24. The zero-order chi connectivity index (χ0) is 23.1. The zero-order valence-corrected chi connectivity index (χ0v) is 19.9. The Labute approximate surface area is 201 Å². The molecule has 8 nitrogen and oxygen atoms in total. The minimum absolute atomic E-state index is 0.0192. The third kappa shape index (κ3) is 4.16. The number of pyridine rings is 3. The van der Waals surface area contributed by atoms with Crippen molar-refractivity contribution < 1.29 is 4.74 Å². The summed E-state index contributed by atoms with van der Waals surface area (Å²) in [6.45, 7) is 5.04. The second-order valence-corrected chi connectivity index (χ2v) is 10.5. The van der Waals surface area contributed by atoms with Gasteiger partial charge in [0.15, 0.2) is 5.75 Å². The molecule has 0 radical (unpaired) electrons. The van der Waals surface area contributed by atoms with Crippen molar-refractivity contribution in [3.63, 3.8) is 0 Å². The Morgan fingerprint density at radius 1 is 1.06 bits per heavy atom. The van der Waals surface area contributed by atoms with E-state index in [0.717, 1.165) is 80.3 Å². The molecule has 3 aliphatic heterocycles. The van der Waals surface area contributed by atoms with E-state index in [0.29, 0.717) is 12.6 Å². The topological polar surface area (TPSA) is 81.4 Å². The SMILES string of the molecule is O=c1ccc2ccc(=O)n3c2n1CCC3CN1CCC(NCc2cc3c(cn2)OCCS3)CC1. The van der Waals surface area contributed by atoms with Crippen molar-refractivity contribution in [3.8, 4) is 5.75 Å². The van der Waals surface area contributed by atoms with E-state index in [2.05, 4.69) is 21.3 Å². The lowest BCUT2D eigenvalue weighted by molar-refractivity contribution is 0.164. The highest BCUT2D eigenvalue weighted by Gasteiger charge is 2.27. The van der Waals surface area contributed by atoms with Crippen LogP contribution in [0.15, 0.2) is 51.0 Å². The average molecular weight is 480 g/mol. The summed E-state index contributed by atoms with van der Waals surface area (Å²) in [4.78, 5) is 33.3. The number of nitrogens with one attached hydrogen (secondary N) is 1. The Balaban J connectivity index is 1.08. The quantitative estimate of drug-likeness (QED) is 0.601. The second kappa shape index (κ2) is 9.20. The number of likely N-dealkylation sites (tertiary alicyclic amines) is 1. The molecule has 1 fully saturated rings. The van der Waals surface area contributed by atoms with Crippen molar-refractivity contribution >= 4 is 22.8 Å². The van der Waals surface area contributed by atoms with Gasteiger partial charge in [-0.25, -0.2) is 0 Å². The van der Waals surface area contributed by atoms with Gasteiger partial charge in [-0.15, -0.1) is 11.8 Å². The van der Waals surface area contributed by atoms with E-state index in [-0.39, 0.29) is 17.2 Å². The van der Waals surface area contributed by atoms with Crippen LogP contribution in [-0.4, -0.2) is 57.1 Å². The number of aromatic nitrogens is 3. The molecule has 0 amide bonds. The number of fused-ring (bicyclic) bond motifs is 1. The Morgan fingerprint density at radius 2 is 1.88 bits per heavy atom. The molecule has 0 saturated carbocycles. The van der Waals surface area contributed by atoms with E-state index < -0.39 is 0 Å². The van der Waals surface area contributed by atoms with Crippen molar-refractivity contribution in [3.05, 3.63) is 62.9 Å². The zero-order valence-electron chi connectivity index (χ0n) is 19.1. The molecule has 3 aromatic heterocycles. The van der Waals surface area contributed by atoms with Crippen LogP contribution in [0.4, 0.5) is 0 Å². The molecule has 6 heterocycles. The first-order chi connectivity index (χ1) is 16.7. The number of aryl methyl sites for hydroxylation is 1. The number of hydrogen-bond donors (Lipinski definition) is 1. The van der Waals surface area contributed by atoms with E-state index in [9.17, 15) is 9.59 Å². The molecule has 0 bridgehead atoms. The van der Waals surface area contributed by atoms with Crippen molar-refractivity contribution in [2.24, 2.45) is 0 Å². The van der Waals surface area contributed by atoms with Gasteiger partial charge in [-0.1, -0.05) is 0 Å². The Bertz CT molecular complexity index is 1320. The van der Waals surface area contributed by atoms with Gasteiger partial charge in [-0.3, -0.25) is 23.7 Å². The van der Waals surface area contributed by atoms with Crippen molar-refractivity contribution in [1.82, 2.24) is 24.3 Å². The van der Waals surface area contributed by atoms with Gasteiger partial charge in [-0.05, 0) is 50.6 Å². The molecular weight excluding hydrogens is 450 g/mol. The molecule has 0 aliphatic carbocycles. The maximum Gasteiger partial charge on any atom is 0.252 e. The summed E-state index contributed by atoms with van der Waals surface area (Å²) in [5, 5.41) is 4.63. The highest BCUT2D eigenvalue weighted by atomic mass is 32.2. The summed E-state index contributed by atoms with van der Waals surface area (Å²) < 4.78 is 9.26. The third-order valence-corrected chi connectivity index (χ3v) is 8.22. The molecule has 3 aliphatic rings. The molecule has 1 saturated heterocycles. The van der Waals surface area contributed by atoms with Crippen molar-refractivity contribution in [2.75, 3.05) is 32.0 Å². The number of thioether (sulfide) groups is 1. The molecule has 9 heteroatoms. The fourth-order valence-electron chi connectivity index (χ4n) is 5.43. The van der Waals surface area contributed by atoms with Crippen LogP contribution in [0, 0.1) is 0 Å². The molecule has 0 spiro atoms. The fraction of sp³-hybridized carbons (Fsp3) is 0.480. The Morgan fingerprint density at radius 3 is 2.74 bits per heavy atom. The van der Waals surface area contributed by atoms with Gasteiger partial charge in [0.25, 0.3) is 11.1 Å². The van der Waals surface area contributed by atoms with Gasteiger partial charge in [0.2, 0.25) is 0 Å². The van der Waals surface area contributed by atoms with Crippen LogP contribution in [0.1, 0.15) is 31.0 Å². The summed E-state index contributed by atoms with van der Waals surface area (Å²) in [5.74, 6) is 1.89. The molecule has 178 valence electrons. The minimum Gasteiger partial charge on any atom is -0.490 e. The van der Waals surface area contributed by atoms with Crippen LogP contribution in [0.3, 0.4) is 0 Å². The normalized spacial score (nSPS) is 20.8. The summed E-state index contributed by atoms with van der Waals surface area (Å²) in [6.07, 6.45) is 4.80. The maximum atomic E-state index is 12.8. The summed E-state index contributed by atoms with van der Waals surface area (Å²) in [7, 11) is 0. The second-order valence-electron chi connectivity index (χ2n) is 9.36. The van der Waals surface area contributed by atoms with Gasteiger partial charge in [0.05, 0.1) is 29.4 Å². The third-order valence-electron chi connectivity index (χ3n) is 7.22. The molecule has 1 unspecified atom stereocenters. The number of ether oxygens (including phenoxy) is 1. The average Bonchev–Trinajstić information content (AvgIpc) is 2.87. The van der Waals surface area contributed by atoms with Crippen LogP contribution in [0.25, 0.3) is 11.0 Å². The Hall–Kier alpha value is -2.62. The predicted molar refractivity (Wildman–Crippen MR) is 133 cm³/mol. The fourth-order valence-corrected chi connectivity index (χ4v) is 6.29. The van der Waals surface area contributed by atoms with E-state index in [4.69, 9.17) is 4.74 Å². The summed E-state index contributed by atoms with van der Waals surface area (Å²) in [5.41, 5.74) is 1.78. The highest BCUT2D eigenvalue weighted by molar-refractivity contribution is 7.99. The maximum absolute atomic E-state index is 12.8. The molecule has 1 N–H and O–H groups in total. The van der Waals surface area contributed by atoms with Crippen LogP contribution in [-0.2, 0) is 13.1 Å². The number of nitrogens with zero attached hydrogens (tertiary/aromatic N) is 4. The van der Waals surface area contributed by atoms with Gasteiger partial charge in [-0.2, -0.15) is 0 Å². The molecule has 3 aromatic rings. The van der Waals surface area contributed by atoms with Gasteiger partial charge < -0.3 is 15.0 Å². The number of hydrogen-bond acceptors (Lipinski definition) is 7. The lowest BCUT2D eigenvalue weighted by Crippen LogP contribution is -2.46. The molecule has 34 heavy (non-hydrogen) atoms. The van der Waals surface area contributed by atoms with E-state index in [1.165, 1.54) is 4.90 Å². The van der Waals surface area contributed by atoms with Crippen molar-refractivity contribution in [1.29, 1.82) is 0 Å². The lowest BCUT2D eigenvalue weighted by atomic mass is 10.0. The smallest absolute Gasteiger partial charge is 0.252 e. The lowest BCUT2D eigenvalue weighted by Gasteiger charge is -2.37. The van der Waals surface area contributed by atoms with Crippen LogP contribution in [0.5, 0.6) is 5.75 Å². The van der Waals surface area contributed by atoms with Crippen LogP contribution >= 0.6 is 11.8 Å². The van der Waals surface area contributed by atoms with Crippen molar-refractivity contribution in [2.45, 2.75) is 49.3 Å². The highest BCUT2D eigenvalue weighted by Crippen LogP contribution is 2.32. The molecule has 1 atom stereocenters. The van der Waals surface area contributed by atoms with Gasteiger partial charge in [0, 0.05) is 48.9 Å². The first-order valence-electron chi connectivity index (χ1n) is 12.1. The summed E-state index contributed by atoms with van der Waals surface area (Å²) >= 11 is 1.83. The number of piperidine rings is 1.